The van der Waals surface area contributed by atoms with Crippen LogP contribution in [0.25, 0.3) is 0 Å². The molecule has 0 N–H and O–H groups in total. The van der Waals surface area contributed by atoms with Crippen LogP contribution in [0.15, 0.2) is 60.7 Å². The summed E-state index contributed by atoms with van der Waals surface area (Å²) in [5.41, 5.74) is 2.78. The Kier molecular flexibility index (Phi) is 6.82. The molecule has 0 aromatic heterocycles. The van der Waals surface area contributed by atoms with Gasteiger partial charge in [-0.1, -0.05) is 60.7 Å². The first-order valence-corrected chi connectivity index (χ1v) is 8.60. The lowest BCUT2D eigenvalue weighted by Gasteiger charge is -2.28. The first-order valence-electron chi connectivity index (χ1n) is 8.60. The zero-order chi connectivity index (χ0) is 16.7. The fourth-order valence-corrected chi connectivity index (χ4v) is 2.93. The van der Waals surface area contributed by atoms with Gasteiger partial charge in [0, 0.05) is 12.1 Å². The molecule has 2 aromatic rings. The van der Waals surface area contributed by atoms with Crippen molar-refractivity contribution in [2.75, 3.05) is 27.2 Å². The van der Waals surface area contributed by atoms with Crippen molar-refractivity contribution in [1.82, 2.24) is 9.80 Å². The lowest BCUT2D eigenvalue weighted by molar-refractivity contribution is 0.214. The molecule has 0 heterocycles. The summed E-state index contributed by atoms with van der Waals surface area (Å²) in [6, 6.07) is 22.4. The number of hydrogen-bond donors (Lipinski definition) is 0. The van der Waals surface area contributed by atoms with Crippen molar-refractivity contribution in [1.29, 1.82) is 0 Å². The van der Waals surface area contributed by atoms with Gasteiger partial charge in [-0.25, -0.2) is 0 Å². The Balaban J connectivity index is 1.78. The van der Waals surface area contributed by atoms with Gasteiger partial charge in [0.15, 0.2) is 0 Å². The summed E-state index contributed by atoms with van der Waals surface area (Å²) in [6.45, 7) is 6.79. The van der Waals surface area contributed by atoms with Gasteiger partial charge in [0.25, 0.3) is 0 Å². The molecule has 0 saturated carbocycles. The van der Waals surface area contributed by atoms with Gasteiger partial charge in [-0.05, 0) is 58.6 Å². The van der Waals surface area contributed by atoms with Crippen LogP contribution in [0.5, 0.6) is 0 Å². The zero-order valence-corrected chi connectivity index (χ0v) is 14.9. The van der Waals surface area contributed by atoms with E-state index in [4.69, 9.17) is 0 Å². The van der Waals surface area contributed by atoms with Crippen LogP contribution in [-0.4, -0.2) is 37.0 Å². The highest BCUT2D eigenvalue weighted by atomic mass is 15.1. The third kappa shape index (κ3) is 5.19. The van der Waals surface area contributed by atoms with E-state index in [-0.39, 0.29) is 0 Å². The van der Waals surface area contributed by atoms with Crippen molar-refractivity contribution in [3.05, 3.63) is 71.8 Å². The average Bonchev–Trinajstić information content (AvgIpc) is 2.61. The van der Waals surface area contributed by atoms with E-state index in [0.29, 0.717) is 12.1 Å². The van der Waals surface area contributed by atoms with E-state index >= 15 is 0 Å². The Morgan fingerprint density at radius 3 is 1.35 bits per heavy atom. The highest BCUT2D eigenvalue weighted by Gasteiger charge is 2.13. The SMILES string of the molecule is C[C@H](c1ccccc1)N(C)CCCN(C)[C@@H](C)c1ccccc1. The minimum atomic E-state index is 0.466. The molecule has 0 saturated heterocycles. The molecule has 0 bridgehead atoms. The van der Waals surface area contributed by atoms with Crippen molar-refractivity contribution < 1.29 is 0 Å². The summed E-state index contributed by atoms with van der Waals surface area (Å²) >= 11 is 0. The molecule has 2 nitrogen and oxygen atoms in total. The molecule has 2 rings (SSSR count). The summed E-state index contributed by atoms with van der Waals surface area (Å²) in [4.78, 5) is 4.88. The van der Waals surface area contributed by atoms with E-state index in [1.807, 2.05) is 0 Å². The molecule has 0 spiro atoms. The van der Waals surface area contributed by atoms with Gasteiger partial charge in [0.2, 0.25) is 0 Å². The van der Waals surface area contributed by atoms with Crippen LogP contribution in [0, 0.1) is 0 Å². The summed E-state index contributed by atoms with van der Waals surface area (Å²) in [5, 5.41) is 0. The van der Waals surface area contributed by atoms with Gasteiger partial charge >= 0.3 is 0 Å². The topological polar surface area (TPSA) is 6.48 Å². The van der Waals surface area contributed by atoms with Crippen molar-refractivity contribution in [3.8, 4) is 0 Å². The van der Waals surface area contributed by atoms with E-state index in [2.05, 4.69) is 98.4 Å². The summed E-state index contributed by atoms with van der Waals surface area (Å²) < 4.78 is 0. The molecule has 124 valence electrons. The highest BCUT2D eigenvalue weighted by Crippen LogP contribution is 2.20. The molecule has 2 aromatic carbocycles. The molecular weight excluding hydrogens is 280 g/mol. The fourth-order valence-electron chi connectivity index (χ4n) is 2.93. The Morgan fingerprint density at radius 2 is 1.00 bits per heavy atom. The van der Waals surface area contributed by atoms with E-state index in [0.717, 1.165) is 13.1 Å². The first kappa shape index (κ1) is 17.7. The molecule has 0 aliphatic heterocycles. The molecule has 0 aliphatic carbocycles. The lowest BCUT2D eigenvalue weighted by atomic mass is 10.1. The van der Waals surface area contributed by atoms with E-state index < -0.39 is 0 Å². The number of benzene rings is 2. The van der Waals surface area contributed by atoms with Crippen LogP contribution in [0.1, 0.15) is 43.5 Å². The monoisotopic (exact) mass is 310 g/mol. The Labute approximate surface area is 141 Å². The van der Waals surface area contributed by atoms with Crippen LogP contribution >= 0.6 is 0 Å². The quantitative estimate of drug-likeness (QED) is 0.693. The van der Waals surface area contributed by atoms with Crippen LogP contribution < -0.4 is 0 Å². The van der Waals surface area contributed by atoms with Crippen LogP contribution in [0.4, 0.5) is 0 Å². The van der Waals surface area contributed by atoms with Crippen molar-refractivity contribution >= 4 is 0 Å². The second-order valence-corrected chi connectivity index (χ2v) is 6.49. The maximum absolute atomic E-state index is 2.44. The molecular formula is C21H30N2. The van der Waals surface area contributed by atoms with Gasteiger partial charge in [0.05, 0.1) is 0 Å². The Morgan fingerprint density at radius 1 is 0.652 bits per heavy atom. The molecule has 0 radical (unpaired) electrons. The molecule has 23 heavy (non-hydrogen) atoms. The van der Waals surface area contributed by atoms with Crippen molar-refractivity contribution in [3.63, 3.8) is 0 Å². The second kappa shape index (κ2) is 8.85. The molecule has 0 amide bonds. The molecule has 2 heteroatoms. The maximum Gasteiger partial charge on any atom is 0.0316 e. The normalized spacial score (nSPS) is 14.2. The lowest BCUT2D eigenvalue weighted by Crippen LogP contribution is -2.29. The number of rotatable bonds is 8. The molecule has 0 fully saturated rings. The molecule has 0 unspecified atom stereocenters. The number of nitrogens with zero attached hydrogens (tertiary/aromatic N) is 2. The molecule has 0 aliphatic rings. The van der Waals surface area contributed by atoms with E-state index in [1.165, 1.54) is 17.5 Å². The van der Waals surface area contributed by atoms with Crippen LogP contribution in [-0.2, 0) is 0 Å². The van der Waals surface area contributed by atoms with Gasteiger partial charge in [-0.2, -0.15) is 0 Å². The maximum atomic E-state index is 2.44. The minimum absolute atomic E-state index is 0.466. The van der Waals surface area contributed by atoms with Crippen LogP contribution in [0.3, 0.4) is 0 Å². The summed E-state index contributed by atoms with van der Waals surface area (Å²) in [6.07, 6.45) is 1.18. The zero-order valence-electron chi connectivity index (χ0n) is 14.9. The first-order chi connectivity index (χ1) is 11.1. The Hall–Kier alpha value is -1.64. The second-order valence-electron chi connectivity index (χ2n) is 6.49. The van der Waals surface area contributed by atoms with Crippen LogP contribution in [0.2, 0.25) is 0 Å². The largest absolute Gasteiger partial charge is 0.300 e. The highest BCUT2D eigenvalue weighted by molar-refractivity contribution is 5.19. The molecule has 2 atom stereocenters. The van der Waals surface area contributed by atoms with Gasteiger partial charge in [0.1, 0.15) is 0 Å². The standard InChI is InChI=1S/C21H30N2/c1-18(20-12-7-5-8-13-20)22(3)16-11-17-23(4)19(2)21-14-9-6-10-15-21/h5-10,12-15,18-19H,11,16-17H2,1-4H3/t18-,19+. The van der Waals surface area contributed by atoms with Crippen molar-refractivity contribution in [2.45, 2.75) is 32.4 Å². The predicted octanol–water partition coefficient (Wildman–Crippen LogP) is 4.76. The predicted molar refractivity (Wildman–Crippen MR) is 99.6 cm³/mol. The number of hydrogen-bond acceptors (Lipinski definition) is 2. The fraction of sp³-hybridized carbons (Fsp3) is 0.429. The van der Waals surface area contributed by atoms with E-state index in [9.17, 15) is 0 Å². The average molecular weight is 310 g/mol. The van der Waals surface area contributed by atoms with Crippen molar-refractivity contribution in [2.24, 2.45) is 0 Å². The Bertz CT molecular complexity index is 501. The van der Waals surface area contributed by atoms with Gasteiger partial charge in [-0.15, -0.1) is 0 Å². The smallest absolute Gasteiger partial charge is 0.0316 e. The third-order valence-electron chi connectivity index (χ3n) is 4.91. The van der Waals surface area contributed by atoms with Gasteiger partial charge < -0.3 is 0 Å². The summed E-state index contributed by atoms with van der Waals surface area (Å²) in [7, 11) is 4.44. The van der Waals surface area contributed by atoms with Gasteiger partial charge in [-0.3, -0.25) is 9.80 Å². The van der Waals surface area contributed by atoms with E-state index in [1.54, 1.807) is 0 Å². The third-order valence-corrected chi connectivity index (χ3v) is 4.91. The minimum Gasteiger partial charge on any atom is -0.300 e. The summed E-state index contributed by atoms with van der Waals surface area (Å²) in [5.74, 6) is 0.